The van der Waals surface area contributed by atoms with Crippen LogP contribution in [0.3, 0.4) is 0 Å². The van der Waals surface area contributed by atoms with Crippen molar-refractivity contribution in [1.29, 1.82) is 0 Å². The maximum atomic E-state index is 12.9. The van der Waals surface area contributed by atoms with Crippen LogP contribution in [-0.2, 0) is 14.8 Å². The quantitative estimate of drug-likeness (QED) is 0.613. The molecule has 1 heterocycles. The van der Waals surface area contributed by atoms with E-state index in [2.05, 4.69) is 48.7 Å². The Kier molecular flexibility index (Phi) is 7.34. The second kappa shape index (κ2) is 9.58. The summed E-state index contributed by atoms with van der Waals surface area (Å²) >= 11 is 0. The van der Waals surface area contributed by atoms with Gasteiger partial charge in [-0.1, -0.05) is 0 Å². The Labute approximate surface area is 203 Å². The van der Waals surface area contributed by atoms with Crippen molar-refractivity contribution in [2.45, 2.75) is 78.4 Å². The first kappa shape index (κ1) is 26.0. The van der Waals surface area contributed by atoms with Gasteiger partial charge in [0.1, 0.15) is 0 Å². The lowest BCUT2D eigenvalue weighted by Crippen LogP contribution is -2.52. The molecular formula is C26H37N3O4S. The fourth-order valence-electron chi connectivity index (χ4n) is 3.97. The van der Waals surface area contributed by atoms with Gasteiger partial charge in [-0.25, -0.2) is 8.42 Å². The van der Waals surface area contributed by atoms with Gasteiger partial charge in [0.25, 0.3) is 5.91 Å². The molecular weight excluding hydrogens is 450 g/mol. The first-order valence-corrected chi connectivity index (χ1v) is 13.1. The first-order chi connectivity index (χ1) is 15.7. The largest absolute Gasteiger partial charge is 0.372 e. The summed E-state index contributed by atoms with van der Waals surface area (Å²) in [5.74, 6) is -0.248. The molecule has 3 atom stereocenters. The van der Waals surface area contributed by atoms with Crippen molar-refractivity contribution < 1.29 is 17.9 Å². The molecule has 1 fully saturated rings. The van der Waals surface area contributed by atoms with Crippen LogP contribution in [0.25, 0.3) is 0 Å². The number of rotatable bonds is 5. The Balaban J connectivity index is 1.76. The first-order valence-electron chi connectivity index (χ1n) is 11.7. The highest BCUT2D eigenvalue weighted by atomic mass is 32.2. The monoisotopic (exact) mass is 487 g/mol. The van der Waals surface area contributed by atoms with Crippen LogP contribution in [0.15, 0.2) is 36.4 Å². The summed E-state index contributed by atoms with van der Waals surface area (Å²) in [6.45, 7) is 16.1. The number of morpholine rings is 1. The molecule has 2 aromatic carbocycles. The standard InChI is InChI=1S/C26H37N3O4S/c1-16-14-24(29-15-18(3)33-20(5)19(29)4)17(2)13-23(16)27-25(30)21-9-11-22(12-10-21)28-34(31,32)26(6,7)8/h9-14,18-20,28H,15H2,1-8H3,(H,27,30)/t18-,19?,20+/m0/s1. The van der Waals surface area contributed by atoms with E-state index < -0.39 is 14.8 Å². The van der Waals surface area contributed by atoms with E-state index in [4.69, 9.17) is 4.74 Å². The summed E-state index contributed by atoms with van der Waals surface area (Å²) in [6, 6.07) is 10.8. The molecule has 8 heteroatoms. The van der Waals surface area contributed by atoms with Gasteiger partial charge in [-0.05, 0) is 103 Å². The Hall–Kier alpha value is -2.58. The Morgan fingerprint density at radius 1 is 1.03 bits per heavy atom. The van der Waals surface area contributed by atoms with Crippen molar-refractivity contribution in [2.75, 3.05) is 21.5 Å². The van der Waals surface area contributed by atoms with Crippen LogP contribution < -0.4 is 14.9 Å². The fourth-order valence-corrected chi connectivity index (χ4v) is 4.73. The van der Waals surface area contributed by atoms with Crippen LogP contribution in [0, 0.1) is 13.8 Å². The third-order valence-electron chi connectivity index (χ3n) is 6.38. The van der Waals surface area contributed by atoms with Gasteiger partial charge in [-0.2, -0.15) is 0 Å². The van der Waals surface area contributed by atoms with E-state index in [-0.39, 0.29) is 24.2 Å². The third-order valence-corrected chi connectivity index (χ3v) is 8.49. The van der Waals surface area contributed by atoms with Gasteiger partial charge in [0, 0.05) is 29.2 Å². The molecule has 7 nitrogen and oxygen atoms in total. The molecule has 0 aromatic heterocycles. The molecule has 0 aliphatic carbocycles. The number of carbonyl (C=O) groups is 1. The van der Waals surface area contributed by atoms with Gasteiger partial charge < -0.3 is 15.0 Å². The van der Waals surface area contributed by atoms with Gasteiger partial charge >= 0.3 is 0 Å². The van der Waals surface area contributed by atoms with E-state index in [1.807, 2.05) is 13.0 Å². The minimum Gasteiger partial charge on any atom is -0.372 e. The molecule has 34 heavy (non-hydrogen) atoms. The minimum atomic E-state index is -3.53. The van der Waals surface area contributed by atoms with Gasteiger partial charge in [0.2, 0.25) is 10.0 Å². The van der Waals surface area contributed by atoms with E-state index in [1.165, 1.54) is 0 Å². The second-order valence-corrected chi connectivity index (χ2v) is 12.7. The number of nitrogens with zero attached hydrogens (tertiary/aromatic N) is 1. The number of ether oxygens (including phenoxy) is 1. The molecule has 0 bridgehead atoms. The van der Waals surface area contributed by atoms with Crippen LogP contribution in [0.2, 0.25) is 0 Å². The highest BCUT2D eigenvalue weighted by Crippen LogP contribution is 2.32. The zero-order chi connectivity index (χ0) is 25.4. The molecule has 186 valence electrons. The maximum absolute atomic E-state index is 12.9. The van der Waals surface area contributed by atoms with Crippen LogP contribution in [0.1, 0.15) is 63.0 Å². The van der Waals surface area contributed by atoms with Crippen molar-refractivity contribution in [3.63, 3.8) is 0 Å². The van der Waals surface area contributed by atoms with E-state index in [9.17, 15) is 13.2 Å². The molecule has 0 spiro atoms. The number of aryl methyl sites for hydroxylation is 2. The molecule has 0 radical (unpaired) electrons. The topological polar surface area (TPSA) is 87.7 Å². The normalized spacial score (nSPS) is 21.3. The van der Waals surface area contributed by atoms with Crippen LogP contribution in [0.5, 0.6) is 0 Å². The van der Waals surface area contributed by atoms with Crippen molar-refractivity contribution >= 4 is 33.0 Å². The summed E-state index contributed by atoms with van der Waals surface area (Å²) in [4.78, 5) is 15.3. The Bertz CT molecular complexity index is 1150. The summed E-state index contributed by atoms with van der Waals surface area (Å²) in [5, 5.41) is 3.00. The predicted octanol–water partition coefficient (Wildman–Crippen LogP) is 5.10. The van der Waals surface area contributed by atoms with Crippen LogP contribution in [0.4, 0.5) is 17.1 Å². The van der Waals surface area contributed by atoms with Gasteiger partial charge in [0.15, 0.2) is 0 Å². The number of hydrogen-bond donors (Lipinski definition) is 2. The highest BCUT2D eigenvalue weighted by Gasteiger charge is 2.31. The van der Waals surface area contributed by atoms with E-state index in [1.54, 1.807) is 45.0 Å². The smallest absolute Gasteiger partial charge is 0.255 e. The van der Waals surface area contributed by atoms with Crippen molar-refractivity contribution in [2.24, 2.45) is 0 Å². The number of anilines is 3. The Morgan fingerprint density at radius 2 is 1.65 bits per heavy atom. The van der Waals surface area contributed by atoms with Crippen molar-refractivity contribution in [3.05, 3.63) is 53.1 Å². The zero-order valence-electron chi connectivity index (χ0n) is 21.4. The number of nitrogens with one attached hydrogen (secondary N) is 2. The van der Waals surface area contributed by atoms with Gasteiger partial charge in [0.05, 0.1) is 23.0 Å². The highest BCUT2D eigenvalue weighted by molar-refractivity contribution is 7.94. The molecule has 2 aromatic rings. The lowest BCUT2D eigenvalue weighted by molar-refractivity contribution is -0.0258. The predicted molar refractivity (Wildman–Crippen MR) is 139 cm³/mol. The molecule has 1 saturated heterocycles. The SMILES string of the molecule is Cc1cc(N2C[C@H](C)O[C@H](C)C2C)c(C)cc1NC(=O)c1ccc(NS(=O)(=O)C(C)(C)C)cc1. The number of amides is 1. The summed E-state index contributed by atoms with van der Waals surface area (Å²) in [7, 11) is -3.53. The zero-order valence-corrected chi connectivity index (χ0v) is 22.2. The summed E-state index contributed by atoms with van der Waals surface area (Å²) in [6.07, 6.45) is 0.291. The Morgan fingerprint density at radius 3 is 2.24 bits per heavy atom. The molecule has 2 N–H and O–H groups in total. The average molecular weight is 488 g/mol. The van der Waals surface area contributed by atoms with Gasteiger partial charge in [-0.3, -0.25) is 9.52 Å². The van der Waals surface area contributed by atoms with Crippen molar-refractivity contribution in [3.8, 4) is 0 Å². The number of benzene rings is 2. The third kappa shape index (κ3) is 5.55. The molecule has 0 saturated carbocycles. The lowest BCUT2D eigenvalue weighted by atomic mass is 10.0. The van der Waals surface area contributed by atoms with E-state index in [0.29, 0.717) is 11.3 Å². The van der Waals surface area contributed by atoms with Gasteiger partial charge in [-0.15, -0.1) is 0 Å². The number of carbonyl (C=O) groups excluding carboxylic acids is 1. The second-order valence-electron chi connectivity index (χ2n) is 10.2. The molecule has 3 rings (SSSR count). The molecule has 1 aliphatic rings. The number of hydrogen-bond acceptors (Lipinski definition) is 5. The number of sulfonamides is 1. The minimum absolute atomic E-state index is 0.138. The average Bonchev–Trinajstić information content (AvgIpc) is 2.72. The maximum Gasteiger partial charge on any atom is 0.255 e. The van der Waals surface area contributed by atoms with E-state index >= 15 is 0 Å². The summed E-state index contributed by atoms with van der Waals surface area (Å²) < 4.78 is 32.3. The summed E-state index contributed by atoms with van der Waals surface area (Å²) in [5.41, 5.74) is 4.84. The van der Waals surface area contributed by atoms with Crippen LogP contribution in [-0.4, -0.2) is 43.9 Å². The molecule has 1 aliphatic heterocycles. The lowest BCUT2D eigenvalue weighted by Gasteiger charge is -2.43. The van der Waals surface area contributed by atoms with Crippen molar-refractivity contribution in [1.82, 2.24) is 0 Å². The fraction of sp³-hybridized carbons (Fsp3) is 0.500. The molecule has 1 amide bonds. The van der Waals surface area contributed by atoms with Crippen LogP contribution >= 0.6 is 0 Å². The van der Waals surface area contributed by atoms with E-state index in [0.717, 1.165) is 29.0 Å². The molecule has 1 unspecified atom stereocenters.